The van der Waals surface area contributed by atoms with E-state index in [2.05, 4.69) is 278 Å². The molecule has 0 bridgehead atoms. The fraction of sp³-hybridized carbons (Fsp3) is 0.0278. The van der Waals surface area contributed by atoms with Gasteiger partial charge < -0.3 is 9.32 Å². The van der Waals surface area contributed by atoms with E-state index in [-0.39, 0.29) is 0 Å². The van der Waals surface area contributed by atoms with Gasteiger partial charge in [0, 0.05) is 22.4 Å². The molecule has 0 aliphatic heterocycles. The van der Waals surface area contributed by atoms with E-state index in [0.29, 0.717) is 0 Å². The van der Waals surface area contributed by atoms with Crippen molar-refractivity contribution in [2.45, 2.75) is 10.8 Å². The van der Waals surface area contributed by atoms with Gasteiger partial charge in [0.05, 0.1) is 17.1 Å². The zero-order valence-electron chi connectivity index (χ0n) is 40.5. The minimum Gasteiger partial charge on any atom is -0.464 e. The third kappa shape index (κ3) is 6.12. The predicted octanol–water partition coefficient (Wildman–Crippen LogP) is 18.6. The molecule has 2 heteroatoms. The number of anilines is 3. The summed E-state index contributed by atoms with van der Waals surface area (Å²) in [6.45, 7) is 0. The third-order valence-corrected chi connectivity index (χ3v) is 16.3. The molecule has 1 aromatic heterocycles. The smallest absolute Gasteiger partial charge is 0.133 e. The van der Waals surface area contributed by atoms with Crippen LogP contribution in [0.5, 0.6) is 0 Å². The van der Waals surface area contributed by atoms with Crippen LogP contribution in [-0.4, -0.2) is 0 Å². The first kappa shape index (κ1) is 42.2. The Morgan fingerprint density at radius 1 is 0.270 bits per heavy atom. The lowest BCUT2D eigenvalue weighted by Gasteiger charge is -2.35. The van der Waals surface area contributed by atoms with Crippen LogP contribution in [0.2, 0.25) is 0 Å². The second-order valence-electron chi connectivity index (χ2n) is 19.9. The van der Waals surface area contributed by atoms with Crippen molar-refractivity contribution in [3.05, 3.63) is 330 Å². The number of benzene rings is 12. The van der Waals surface area contributed by atoms with Crippen LogP contribution in [-0.2, 0) is 10.8 Å². The highest BCUT2D eigenvalue weighted by Crippen LogP contribution is 2.59. The molecule has 0 atom stereocenters. The molecule has 0 amide bonds. The van der Waals surface area contributed by atoms with Gasteiger partial charge in [-0.15, -0.1) is 0 Å². The summed E-state index contributed by atoms with van der Waals surface area (Å²) < 4.78 is 5.66. The molecule has 0 saturated carbocycles. The maximum Gasteiger partial charge on any atom is 0.133 e. The van der Waals surface area contributed by atoms with Gasteiger partial charge in [-0.1, -0.05) is 218 Å². The lowest BCUT2D eigenvalue weighted by molar-refractivity contribution is 0.616. The average Bonchev–Trinajstić information content (AvgIpc) is 4.16. The molecule has 0 fully saturated rings. The zero-order chi connectivity index (χ0) is 48.8. The van der Waals surface area contributed by atoms with Crippen LogP contribution < -0.4 is 4.90 Å². The van der Waals surface area contributed by atoms with E-state index in [1.807, 2.05) is 6.07 Å². The van der Waals surface area contributed by atoms with E-state index in [0.717, 1.165) is 28.0 Å². The molecule has 2 aliphatic rings. The molecule has 2 nitrogen and oxygen atoms in total. The van der Waals surface area contributed by atoms with Gasteiger partial charge in [-0.25, -0.2) is 0 Å². The van der Waals surface area contributed by atoms with Crippen molar-refractivity contribution in [2.24, 2.45) is 0 Å². The molecule has 0 spiro atoms. The summed E-state index contributed by atoms with van der Waals surface area (Å²) in [5.41, 5.74) is 20.6. The Kier molecular flexibility index (Phi) is 9.43. The number of fused-ring (bicyclic) bond motifs is 10. The van der Waals surface area contributed by atoms with Crippen molar-refractivity contribution in [2.75, 3.05) is 4.90 Å². The number of hydrogen-bond donors (Lipinski definition) is 0. The van der Waals surface area contributed by atoms with Gasteiger partial charge in [-0.2, -0.15) is 0 Å². The number of hydrogen-bond acceptors (Lipinski definition) is 2. The van der Waals surface area contributed by atoms with E-state index in [4.69, 9.17) is 4.42 Å². The van der Waals surface area contributed by atoms with Crippen LogP contribution in [0.25, 0.3) is 65.9 Å². The normalized spacial score (nSPS) is 13.6. The molecule has 13 aromatic rings. The summed E-state index contributed by atoms with van der Waals surface area (Å²) in [6.07, 6.45) is 1.76. The highest BCUT2D eigenvalue weighted by molar-refractivity contribution is 6.10. The van der Waals surface area contributed by atoms with Gasteiger partial charge in [0.25, 0.3) is 0 Å². The molecule has 15 rings (SSSR count). The van der Waals surface area contributed by atoms with Crippen LogP contribution in [0.1, 0.15) is 44.5 Å². The van der Waals surface area contributed by atoms with Crippen molar-refractivity contribution in [1.29, 1.82) is 0 Å². The maximum absolute atomic E-state index is 5.66. The van der Waals surface area contributed by atoms with E-state index in [9.17, 15) is 0 Å². The molecule has 346 valence electrons. The molecule has 0 saturated heterocycles. The van der Waals surface area contributed by atoms with Crippen molar-refractivity contribution >= 4 is 49.6 Å². The topological polar surface area (TPSA) is 16.4 Å². The summed E-state index contributed by atoms with van der Waals surface area (Å²) in [7, 11) is 0. The molecule has 0 unspecified atom stereocenters. The largest absolute Gasteiger partial charge is 0.464 e. The van der Waals surface area contributed by atoms with Crippen molar-refractivity contribution in [1.82, 2.24) is 0 Å². The summed E-state index contributed by atoms with van der Waals surface area (Å²) in [5, 5.41) is 5.95. The van der Waals surface area contributed by atoms with Crippen molar-refractivity contribution in [3.63, 3.8) is 0 Å². The second-order valence-corrected chi connectivity index (χ2v) is 19.9. The Hall–Kier alpha value is -9.50. The first-order valence-electron chi connectivity index (χ1n) is 25.6. The van der Waals surface area contributed by atoms with Crippen molar-refractivity contribution in [3.8, 4) is 33.4 Å². The Bertz CT molecular complexity index is 4230. The van der Waals surface area contributed by atoms with E-state index in [1.165, 1.54) is 99.4 Å². The number of rotatable bonds is 8. The second kappa shape index (κ2) is 16.5. The summed E-state index contributed by atoms with van der Waals surface area (Å²) in [4.78, 5) is 2.50. The van der Waals surface area contributed by atoms with Crippen LogP contribution in [0.3, 0.4) is 0 Å². The fourth-order valence-electron chi connectivity index (χ4n) is 13.1. The molecule has 0 N–H and O–H groups in total. The van der Waals surface area contributed by atoms with Gasteiger partial charge in [0.1, 0.15) is 5.58 Å². The van der Waals surface area contributed by atoms with Gasteiger partial charge in [-0.05, 0) is 160 Å². The molecular weight excluding hydrogens is 895 g/mol. The molecule has 12 aromatic carbocycles. The minimum absolute atomic E-state index is 0.502. The molecule has 2 aliphatic carbocycles. The summed E-state index contributed by atoms with van der Waals surface area (Å²) >= 11 is 0. The van der Waals surface area contributed by atoms with E-state index >= 15 is 0 Å². The summed E-state index contributed by atoms with van der Waals surface area (Å²) in [5.74, 6) is 0. The SMILES string of the molecule is c1ccc(C2(c3ccccc3)c3ccccc3-c3cc(N(c4ccc5c(c4)C(c4ccccc4)(c4ccccc4)c4ccccc4-5)c4ccc5c(ccc6cc(-c7ccc8occc8c7)ccc65)c4)ccc32)cc1. The van der Waals surface area contributed by atoms with Crippen LogP contribution in [0.4, 0.5) is 17.1 Å². The van der Waals surface area contributed by atoms with Crippen molar-refractivity contribution < 1.29 is 4.42 Å². The van der Waals surface area contributed by atoms with Gasteiger partial charge >= 0.3 is 0 Å². The highest BCUT2D eigenvalue weighted by atomic mass is 16.3. The fourth-order valence-corrected chi connectivity index (χ4v) is 13.1. The van der Waals surface area contributed by atoms with Crippen LogP contribution >= 0.6 is 0 Å². The molecule has 74 heavy (non-hydrogen) atoms. The monoisotopic (exact) mass is 941 g/mol. The first-order chi connectivity index (χ1) is 36.7. The third-order valence-electron chi connectivity index (χ3n) is 16.3. The maximum atomic E-state index is 5.66. The quantitative estimate of drug-likeness (QED) is 0.141. The average molecular weight is 942 g/mol. The van der Waals surface area contributed by atoms with E-state index in [1.54, 1.807) is 6.26 Å². The number of furan rings is 1. The van der Waals surface area contributed by atoms with Crippen LogP contribution in [0.15, 0.2) is 290 Å². The standard InChI is InChI=1S/C72H47NO/c1-5-17-53(18-6-1)71(54-19-7-2-8-20-54)67-28-16-14-26-63(67)65-46-58(35-39-68(65)71)73(57-33-37-61-51(45-57)30-29-50-43-48(31-36-60(50)61)49-32-40-70-52(44-49)41-42-74-70)59-34-38-64-62-25-13-15-27-66(62)72(69(64)47-59,55-21-9-3-10-22-55)56-23-11-4-12-24-56/h1-47H. The molecular formula is C72H47NO. The molecule has 1 heterocycles. The number of nitrogens with zero attached hydrogens (tertiary/aromatic N) is 1. The van der Waals surface area contributed by atoms with E-state index < -0.39 is 10.8 Å². The van der Waals surface area contributed by atoms with Crippen LogP contribution in [0, 0.1) is 0 Å². The lowest BCUT2D eigenvalue weighted by Crippen LogP contribution is -2.28. The van der Waals surface area contributed by atoms with Gasteiger partial charge in [0.15, 0.2) is 0 Å². The Morgan fingerprint density at radius 3 is 1.32 bits per heavy atom. The predicted molar refractivity (Wildman–Crippen MR) is 306 cm³/mol. The van der Waals surface area contributed by atoms with Gasteiger partial charge in [0.2, 0.25) is 0 Å². The summed E-state index contributed by atoms with van der Waals surface area (Å²) in [6, 6.07) is 104. The first-order valence-corrected chi connectivity index (χ1v) is 25.6. The minimum atomic E-state index is -0.552. The Morgan fingerprint density at radius 2 is 0.703 bits per heavy atom. The highest BCUT2D eigenvalue weighted by Gasteiger charge is 2.48. The zero-order valence-corrected chi connectivity index (χ0v) is 40.5. The lowest BCUT2D eigenvalue weighted by atomic mass is 9.67. The Labute approximate surface area is 430 Å². The Balaban J connectivity index is 0.959. The van der Waals surface area contributed by atoms with Gasteiger partial charge in [-0.3, -0.25) is 0 Å². The molecule has 0 radical (unpaired) electrons.